The second kappa shape index (κ2) is 5.07. The number of halogens is 1. The Kier molecular flexibility index (Phi) is 3.51. The van der Waals surface area contributed by atoms with Crippen molar-refractivity contribution in [2.75, 3.05) is 5.32 Å². The second-order valence-corrected chi connectivity index (χ2v) is 4.33. The fourth-order valence-corrected chi connectivity index (χ4v) is 1.68. The lowest BCUT2D eigenvalue weighted by atomic mass is 10.1. The molecule has 4 heteroatoms. The molecule has 1 unspecified atom stereocenters. The van der Waals surface area contributed by atoms with Gasteiger partial charge in [0.15, 0.2) is 0 Å². The van der Waals surface area contributed by atoms with Crippen LogP contribution in [-0.4, -0.2) is 9.97 Å². The van der Waals surface area contributed by atoms with Crippen molar-refractivity contribution in [1.82, 2.24) is 9.97 Å². The van der Waals surface area contributed by atoms with Gasteiger partial charge in [-0.25, -0.2) is 4.98 Å². The highest BCUT2D eigenvalue weighted by molar-refractivity contribution is 9.10. The number of rotatable bonds is 3. The number of nitrogens with one attached hydrogen (secondary N) is 1. The van der Waals surface area contributed by atoms with Crippen molar-refractivity contribution in [1.29, 1.82) is 0 Å². The predicted octanol–water partition coefficient (Wildman–Crippen LogP) is 3.41. The fraction of sp³-hybridized carbons (Fsp3) is 0.167. The summed E-state index contributed by atoms with van der Waals surface area (Å²) < 4.78 is 0.842. The summed E-state index contributed by atoms with van der Waals surface area (Å²) in [5, 5.41) is 3.37. The first-order chi connectivity index (χ1) is 7.75. The maximum atomic E-state index is 4.17. The molecule has 0 saturated carbocycles. The van der Waals surface area contributed by atoms with E-state index in [1.165, 1.54) is 5.56 Å². The molecule has 0 aliphatic carbocycles. The smallest absolute Gasteiger partial charge is 0.106 e. The van der Waals surface area contributed by atoms with Crippen molar-refractivity contribution < 1.29 is 0 Å². The van der Waals surface area contributed by atoms with Crippen LogP contribution in [-0.2, 0) is 0 Å². The Bertz CT molecular complexity index is 442. The quantitative estimate of drug-likeness (QED) is 0.874. The maximum absolute atomic E-state index is 4.17. The van der Waals surface area contributed by atoms with E-state index in [-0.39, 0.29) is 6.04 Å². The molecule has 2 heterocycles. The van der Waals surface area contributed by atoms with Gasteiger partial charge in [0.25, 0.3) is 0 Å². The average Bonchev–Trinajstić information content (AvgIpc) is 2.33. The molecule has 82 valence electrons. The van der Waals surface area contributed by atoms with Gasteiger partial charge in [0, 0.05) is 18.4 Å². The predicted molar refractivity (Wildman–Crippen MR) is 68.2 cm³/mol. The number of hydrogen-bond acceptors (Lipinski definition) is 3. The highest BCUT2D eigenvalue weighted by atomic mass is 79.9. The SMILES string of the molecule is CC(Nc1ccc(Br)nc1)c1ccncc1. The molecule has 0 bridgehead atoms. The normalized spacial score (nSPS) is 12.1. The summed E-state index contributed by atoms with van der Waals surface area (Å²) in [6.07, 6.45) is 5.41. The van der Waals surface area contributed by atoms with Crippen molar-refractivity contribution >= 4 is 21.6 Å². The second-order valence-electron chi connectivity index (χ2n) is 3.52. The first-order valence-corrected chi connectivity index (χ1v) is 5.83. The molecule has 1 N–H and O–H groups in total. The molecule has 16 heavy (non-hydrogen) atoms. The summed E-state index contributed by atoms with van der Waals surface area (Å²) >= 11 is 3.31. The number of hydrogen-bond donors (Lipinski definition) is 1. The highest BCUT2D eigenvalue weighted by Gasteiger charge is 2.04. The summed E-state index contributed by atoms with van der Waals surface area (Å²) in [7, 11) is 0. The Morgan fingerprint density at radius 1 is 1.19 bits per heavy atom. The van der Waals surface area contributed by atoms with Crippen LogP contribution in [0.4, 0.5) is 5.69 Å². The molecule has 0 aliphatic rings. The van der Waals surface area contributed by atoms with E-state index in [2.05, 4.69) is 38.1 Å². The Morgan fingerprint density at radius 3 is 2.56 bits per heavy atom. The lowest BCUT2D eigenvalue weighted by molar-refractivity contribution is 0.878. The zero-order chi connectivity index (χ0) is 11.4. The topological polar surface area (TPSA) is 37.8 Å². The van der Waals surface area contributed by atoms with E-state index in [1.807, 2.05) is 30.5 Å². The van der Waals surface area contributed by atoms with Gasteiger partial charge in [0.2, 0.25) is 0 Å². The van der Waals surface area contributed by atoms with Crippen LogP contribution in [0.2, 0.25) is 0 Å². The highest BCUT2D eigenvalue weighted by Crippen LogP contribution is 2.18. The standard InChI is InChI=1S/C12H12BrN3/c1-9(10-4-6-14-7-5-10)16-11-2-3-12(13)15-8-11/h2-9,16H,1H3. The monoisotopic (exact) mass is 277 g/mol. The van der Waals surface area contributed by atoms with Crippen LogP contribution < -0.4 is 5.32 Å². The molecule has 0 spiro atoms. The molecule has 2 aromatic heterocycles. The molecular weight excluding hydrogens is 266 g/mol. The largest absolute Gasteiger partial charge is 0.377 e. The van der Waals surface area contributed by atoms with Crippen LogP contribution in [0, 0.1) is 0 Å². The molecule has 0 fully saturated rings. The summed E-state index contributed by atoms with van der Waals surface area (Å²) in [5.41, 5.74) is 2.21. The van der Waals surface area contributed by atoms with Crippen LogP contribution in [0.3, 0.4) is 0 Å². The van der Waals surface area contributed by atoms with E-state index in [9.17, 15) is 0 Å². The molecular formula is C12H12BrN3. The Balaban J connectivity index is 2.08. The van der Waals surface area contributed by atoms with Crippen molar-refractivity contribution in [2.45, 2.75) is 13.0 Å². The summed E-state index contributed by atoms with van der Waals surface area (Å²) in [5.74, 6) is 0. The molecule has 0 aliphatic heterocycles. The van der Waals surface area contributed by atoms with E-state index in [0.717, 1.165) is 10.3 Å². The first kappa shape index (κ1) is 11.1. The number of pyridine rings is 2. The first-order valence-electron chi connectivity index (χ1n) is 5.04. The van der Waals surface area contributed by atoms with E-state index in [1.54, 1.807) is 12.4 Å². The minimum Gasteiger partial charge on any atom is -0.377 e. The van der Waals surface area contributed by atoms with Crippen molar-refractivity contribution in [2.24, 2.45) is 0 Å². The lowest BCUT2D eigenvalue weighted by Gasteiger charge is -2.14. The van der Waals surface area contributed by atoms with Gasteiger partial charge in [-0.3, -0.25) is 4.98 Å². The third-order valence-electron chi connectivity index (χ3n) is 2.32. The summed E-state index contributed by atoms with van der Waals surface area (Å²) in [6.45, 7) is 2.11. The van der Waals surface area contributed by atoms with Gasteiger partial charge in [-0.15, -0.1) is 0 Å². The molecule has 0 aromatic carbocycles. The average molecular weight is 278 g/mol. The number of aromatic nitrogens is 2. The van der Waals surface area contributed by atoms with E-state index >= 15 is 0 Å². The third kappa shape index (κ3) is 2.79. The zero-order valence-corrected chi connectivity index (χ0v) is 10.5. The number of nitrogens with zero attached hydrogens (tertiary/aromatic N) is 2. The van der Waals surface area contributed by atoms with Crippen LogP contribution in [0.1, 0.15) is 18.5 Å². The van der Waals surface area contributed by atoms with Gasteiger partial charge in [-0.05, 0) is 52.7 Å². The maximum Gasteiger partial charge on any atom is 0.106 e. The molecule has 0 amide bonds. The molecule has 0 saturated heterocycles. The number of anilines is 1. The van der Waals surface area contributed by atoms with Gasteiger partial charge >= 0.3 is 0 Å². The Hall–Kier alpha value is -1.42. The van der Waals surface area contributed by atoms with Gasteiger partial charge in [-0.2, -0.15) is 0 Å². The van der Waals surface area contributed by atoms with Crippen LogP contribution in [0.25, 0.3) is 0 Å². The Morgan fingerprint density at radius 2 is 1.94 bits per heavy atom. The van der Waals surface area contributed by atoms with Crippen molar-refractivity contribution in [3.63, 3.8) is 0 Å². The van der Waals surface area contributed by atoms with Gasteiger partial charge in [-0.1, -0.05) is 0 Å². The molecule has 3 nitrogen and oxygen atoms in total. The van der Waals surface area contributed by atoms with E-state index in [4.69, 9.17) is 0 Å². The third-order valence-corrected chi connectivity index (χ3v) is 2.79. The van der Waals surface area contributed by atoms with Gasteiger partial charge < -0.3 is 5.32 Å². The fourth-order valence-electron chi connectivity index (χ4n) is 1.45. The Labute approximate surface area is 103 Å². The van der Waals surface area contributed by atoms with Crippen molar-refractivity contribution in [3.05, 3.63) is 53.0 Å². The van der Waals surface area contributed by atoms with Gasteiger partial charge in [0.05, 0.1) is 11.9 Å². The van der Waals surface area contributed by atoms with Crippen molar-refractivity contribution in [3.8, 4) is 0 Å². The summed E-state index contributed by atoms with van der Waals surface area (Å²) in [6, 6.07) is 8.16. The van der Waals surface area contributed by atoms with E-state index < -0.39 is 0 Å². The molecule has 2 aromatic rings. The minimum absolute atomic E-state index is 0.242. The zero-order valence-electron chi connectivity index (χ0n) is 8.89. The molecule has 1 atom stereocenters. The van der Waals surface area contributed by atoms with Gasteiger partial charge in [0.1, 0.15) is 4.60 Å². The lowest BCUT2D eigenvalue weighted by Crippen LogP contribution is -2.06. The van der Waals surface area contributed by atoms with Crippen LogP contribution in [0.5, 0.6) is 0 Å². The van der Waals surface area contributed by atoms with Crippen LogP contribution in [0.15, 0.2) is 47.5 Å². The summed E-state index contributed by atoms with van der Waals surface area (Å²) in [4.78, 5) is 8.17. The van der Waals surface area contributed by atoms with E-state index in [0.29, 0.717) is 0 Å². The molecule has 0 radical (unpaired) electrons. The molecule has 2 rings (SSSR count). The minimum atomic E-state index is 0.242. The van der Waals surface area contributed by atoms with Crippen LogP contribution >= 0.6 is 15.9 Å².